The SMILES string of the molecule is CC(C)C[C@@H](CO)NC(=O)N1CCCC1. The Balaban J connectivity index is 2.33. The summed E-state index contributed by atoms with van der Waals surface area (Å²) in [5, 5.41) is 12.0. The van der Waals surface area contributed by atoms with Crippen LogP contribution in [0.5, 0.6) is 0 Å². The lowest BCUT2D eigenvalue weighted by Crippen LogP contribution is -2.45. The van der Waals surface area contributed by atoms with Crippen LogP contribution in [0.25, 0.3) is 0 Å². The predicted molar refractivity (Wildman–Crippen MR) is 59.7 cm³/mol. The smallest absolute Gasteiger partial charge is 0.317 e. The first-order chi connectivity index (χ1) is 7.13. The van der Waals surface area contributed by atoms with Gasteiger partial charge < -0.3 is 15.3 Å². The maximum atomic E-state index is 11.7. The zero-order valence-electron chi connectivity index (χ0n) is 9.70. The van der Waals surface area contributed by atoms with Crippen molar-refractivity contribution in [2.24, 2.45) is 5.92 Å². The van der Waals surface area contributed by atoms with Gasteiger partial charge in [-0.05, 0) is 25.2 Å². The van der Waals surface area contributed by atoms with Gasteiger partial charge in [-0.1, -0.05) is 13.8 Å². The highest BCUT2D eigenvalue weighted by molar-refractivity contribution is 5.74. The Kier molecular flexibility index (Phi) is 4.88. The molecule has 0 saturated carbocycles. The fraction of sp³-hybridized carbons (Fsp3) is 0.909. The van der Waals surface area contributed by atoms with Gasteiger partial charge in [-0.2, -0.15) is 0 Å². The quantitative estimate of drug-likeness (QED) is 0.739. The summed E-state index contributed by atoms with van der Waals surface area (Å²) in [6, 6.07) is -0.120. The lowest BCUT2D eigenvalue weighted by atomic mass is 10.0. The largest absolute Gasteiger partial charge is 0.394 e. The molecular formula is C11H22N2O2. The molecule has 0 aromatic heterocycles. The summed E-state index contributed by atoms with van der Waals surface area (Å²) < 4.78 is 0. The van der Waals surface area contributed by atoms with Gasteiger partial charge in [0.2, 0.25) is 0 Å². The maximum absolute atomic E-state index is 11.7. The fourth-order valence-corrected chi connectivity index (χ4v) is 1.93. The second kappa shape index (κ2) is 5.95. The Labute approximate surface area is 91.6 Å². The molecular weight excluding hydrogens is 192 g/mol. The third-order valence-corrected chi connectivity index (χ3v) is 2.70. The highest BCUT2D eigenvalue weighted by atomic mass is 16.3. The second-order valence-electron chi connectivity index (χ2n) is 4.65. The summed E-state index contributed by atoms with van der Waals surface area (Å²) >= 11 is 0. The van der Waals surface area contributed by atoms with E-state index in [-0.39, 0.29) is 18.7 Å². The molecule has 2 N–H and O–H groups in total. The molecule has 0 radical (unpaired) electrons. The van der Waals surface area contributed by atoms with Gasteiger partial charge in [-0.3, -0.25) is 0 Å². The van der Waals surface area contributed by atoms with Crippen molar-refractivity contribution in [2.45, 2.75) is 39.2 Å². The summed E-state index contributed by atoms with van der Waals surface area (Å²) in [6.45, 7) is 5.91. The Morgan fingerprint density at radius 1 is 1.40 bits per heavy atom. The highest BCUT2D eigenvalue weighted by Gasteiger charge is 2.20. The first-order valence-corrected chi connectivity index (χ1v) is 5.79. The van der Waals surface area contributed by atoms with Gasteiger partial charge in [0.25, 0.3) is 0 Å². The van der Waals surface area contributed by atoms with Crippen LogP contribution in [0.4, 0.5) is 4.79 Å². The fourth-order valence-electron chi connectivity index (χ4n) is 1.93. The summed E-state index contributed by atoms with van der Waals surface area (Å²) in [6.07, 6.45) is 3.03. The minimum atomic E-state index is -0.0990. The lowest BCUT2D eigenvalue weighted by Gasteiger charge is -2.22. The van der Waals surface area contributed by atoms with Crippen LogP contribution in [0.15, 0.2) is 0 Å². The molecule has 1 fully saturated rings. The van der Waals surface area contributed by atoms with E-state index in [4.69, 9.17) is 5.11 Å². The summed E-state index contributed by atoms with van der Waals surface area (Å²) in [4.78, 5) is 13.5. The number of hydrogen-bond acceptors (Lipinski definition) is 2. The molecule has 4 nitrogen and oxygen atoms in total. The van der Waals surface area contributed by atoms with E-state index in [2.05, 4.69) is 19.2 Å². The molecule has 0 unspecified atom stereocenters. The number of carbonyl (C=O) groups excluding carboxylic acids is 1. The Hall–Kier alpha value is -0.770. The van der Waals surface area contributed by atoms with E-state index in [1.54, 1.807) is 0 Å². The van der Waals surface area contributed by atoms with Crippen LogP contribution in [-0.2, 0) is 0 Å². The number of amides is 2. The molecule has 0 aliphatic carbocycles. The van der Waals surface area contributed by atoms with Gasteiger partial charge in [0, 0.05) is 13.1 Å². The Morgan fingerprint density at radius 2 is 2.00 bits per heavy atom. The van der Waals surface area contributed by atoms with Crippen molar-refractivity contribution >= 4 is 6.03 Å². The topological polar surface area (TPSA) is 52.6 Å². The van der Waals surface area contributed by atoms with Crippen LogP contribution in [0.1, 0.15) is 33.1 Å². The minimum Gasteiger partial charge on any atom is -0.394 e. The van der Waals surface area contributed by atoms with E-state index in [0.29, 0.717) is 5.92 Å². The van der Waals surface area contributed by atoms with Crippen LogP contribution in [0.3, 0.4) is 0 Å². The highest BCUT2D eigenvalue weighted by Crippen LogP contribution is 2.09. The molecule has 1 aliphatic heterocycles. The van der Waals surface area contributed by atoms with Gasteiger partial charge >= 0.3 is 6.03 Å². The standard InChI is InChI=1S/C11H22N2O2/c1-9(2)7-10(8-14)12-11(15)13-5-3-4-6-13/h9-10,14H,3-8H2,1-2H3,(H,12,15)/t10-/m0/s1. The van der Waals surface area contributed by atoms with Gasteiger partial charge in [0.05, 0.1) is 12.6 Å². The molecule has 0 aromatic carbocycles. The Bertz CT molecular complexity index is 201. The van der Waals surface area contributed by atoms with E-state index in [1.807, 2.05) is 4.90 Å². The predicted octanol–water partition coefficient (Wildman–Crippen LogP) is 1.20. The van der Waals surface area contributed by atoms with Gasteiger partial charge in [0.1, 0.15) is 0 Å². The third-order valence-electron chi connectivity index (χ3n) is 2.70. The van der Waals surface area contributed by atoms with E-state index in [9.17, 15) is 4.79 Å². The molecule has 0 spiro atoms. The molecule has 1 rings (SSSR count). The van der Waals surface area contributed by atoms with Crippen molar-refractivity contribution in [1.29, 1.82) is 0 Å². The summed E-state index contributed by atoms with van der Waals surface area (Å²) in [7, 11) is 0. The number of aliphatic hydroxyl groups excluding tert-OH is 1. The average molecular weight is 214 g/mol. The Morgan fingerprint density at radius 3 is 2.47 bits per heavy atom. The van der Waals surface area contributed by atoms with Gasteiger partial charge in [0.15, 0.2) is 0 Å². The van der Waals surface area contributed by atoms with Gasteiger partial charge in [-0.15, -0.1) is 0 Å². The molecule has 0 bridgehead atoms. The summed E-state index contributed by atoms with van der Waals surface area (Å²) in [5.74, 6) is 0.487. The van der Waals surface area contributed by atoms with E-state index < -0.39 is 0 Å². The molecule has 1 aliphatic rings. The lowest BCUT2D eigenvalue weighted by molar-refractivity contribution is 0.184. The van der Waals surface area contributed by atoms with Crippen LogP contribution < -0.4 is 5.32 Å². The zero-order chi connectivity index (χ0) is 11.3. The number of likely N-dealkylation sites (tertiary alicyclic amines) is 1. The monoisotopic (exact) mass is 214 g/mol. The molecule has 1 heterocycles. The molecule has 1 atom stereocenters. The number of urea groups is 1. The van der Waals surface area contributed by atoms with E-state index in [0.717, 1.165) is 32.4 Å². The maximum Gasteiger partial charge on any atom is 0.317 e. The van der Waals surface area contributed by atoms with Crippen LogP contribution in [0, 0.1) is 5.92 Å². The van der Waals surface area contributed by atoms with Crippen molar-refractivity contribution in [3.05, 3.63) is 0 Å². The van der Waals surface area contributed by atoms with Gasteiger partial charge in [-0.25, -0.2) is 4.79 Å². The zero-order valence-corrected chi connectivity index (χ0v) is 9.70. The summed E-state index contributed by atoms with van der Waals surface area (Å²) in [5.41, 5.74) is 0. The van der Waals surface area contributed by atoms with Crippen molar-refractivity contribution in [1.82, 2.24) is 10.2 Å². The average Bonchev–Trinajstić information content (AvgIpc) is 2.68. The van der Waals surface area contributed by atoms with Crippen LogP contribution in [0.2, 0.25) is 0 Å². The minimum absolute atomic E-state index is 0.0211. The third kappa shape index (κ3) is 4.08. The normalized spacial score (nSPS) is 18.3. The van der Waals surface area contributed by atoms with Crippen molar-refractivity contribution < 1.29 is 9.90 Å². The number of nitrogens with zero attached hydrogens (tertiary/aromatic N) is 1. The molecule has 1 saturated heterocycles. The molecule has 0 aromatic rings. The van der Waals surface area contributed by atoms with Crippen LogP contribution in [-0.4, -0.2) is 41.8 Å². The number of rotatable bonds is 4. The second-order valence-corrected chi connectivity index (χ2v) is 4.65. The first-order valence-electron chi connectivity index (χ1n) is 5.79. The number of nitrogens with one attached hydrogen (secondary N) is 1. The number of carbonyl (C=O) groups is 1. The van der Waals surface area contributed by atoms with E-state index in [1.165, 1.54) is 0 Å². The van der Waals surface area contributed by atoms with Crippen molar-refractivity contribution in [2.75, 3.05) is 19.7 Å². The van der Waals surface area contributed by atoms with Crippen LogP contribution >= 0.6 is 0 Å². The molecule has 88 valence electrons. The van der Waals surface area contributed by atoms with Crippen molar-refractivity contribution in [3.8, 4) is 0 Å². The number of aliphatic hydroxyl groups is 1. The number of hydrogen-bond donors (Lipinski definition) is 2. The van der Waals surface area contributed by atoms with E-state index >= 15 is 0 Å². The molecule has 2 amide bonds. The van der Waals surface area contributed by atoms with Crippen molar-refractivity contribution in [3.63, 3.8) is 0 Å². The molecule has 15 heavy (non-hydrogen) atoms. The molecule has 4 heteroatoms. The first kappa shape index (κ1) is 12.3.